The minimum absolute atomic E-state index is 0.160. The number of carbonyl (C=O) groups excluding carboxylic acids is 1. The monoisotopic (exact) mass is 396 g/mol. The molecule has 0 saturated carbocycles. The molecule has 7 heteroatoms. The molecule has 2 aromatic carbocycles. The SMILES string of the molecule is C=CCN1C(=O)/C(=C/c2cccc(OC)c2OC)SC1=Nc1ccc(O)cc1. The van der Waals surface area contributed by atoms with Gasteiger partial charge in [-0.25, -0.2) is 4.99 Å². The zero-order valence-corrected chi connectivity index (χ0v) is 16.4. The lowest BCUT2D eigenvalue weighted by Gasteiger charge is -2.12. The molecule has 1 N–H and O–H groups in total. The van der Waals surface area contributed by atoms with Gasteiger partial charge in [-0.2, -0.15) is 0 Å². The summed E-state index contributed by atoms with van der Waals surface area (Å²) in [4.78, 5) is 19.5. The average molecular weight is 396 g/mol. The molecule has 0 bridgehead atoms. The number of carbonyl (C=O) groups is 1. The summed E-state index contributed by atoms with van der Waals surface area (Å²) in [5.41, 5.74) is 1.38. The highest BCUT2D eigenvalue weighted by Crippen LogP contribution is 2.38. The van der Waals surface area contributed by atoms with Crippen molar-refractivity contribution in [2.24, 2.45) is 4.99 Å². The van der Waals surface area contributed by atoms with Crippen molar-refractivity contribution < 1.29 is 19.4 Å². The van der Waals surface area contributed by atoms with E-state index in [-0.39, 0.29) is 11.7 Å². The van der Waals surface area contributed by atoms with Gasteiger partial charge in [0.1, 0.15) is 5.75 Å². The van der Waals surface area contributed by atoms with E-state index in [2.05, 4.69) is 11.6 Å². The summed E-state index contributed by atoms with van der Waals surface area (Å²) in [6, 6.07) is 12.0. The number of phenolic OH excluding ortho intramolecular Hbond substituents is 1. The van der Waals surface area contributed by atoms with Crippen molar-refractivity contribution >= 4 is 34.6 Å². The summed E-state index contributed by atoms with van der Waals surface area (Å²) < 4.78 is 10.8. The van der Waals surface area contributed by atoms with E-state index in [1.165, 1.54) is 11.8 Å². The van der Waals surface area contributed by atoms with Gasteiger partial charge < -0.3 is 14.6 Å². The molecule has 0 aromatic heterocycles. The van der Waals surface area contributed by atoms with Crippen molar-refractivity contribution in [3.05, 3.63) is 65.6 Å². The molecule has 0 spiro atoms. The molecule has 1 saturated heterocycles. The third-order valence-corrected chi connectivity index (χ3v) is 5.00. The number of amidine groups is 1. The summed E-state index contributed by atoms with van der Waals surface area (Å²) in [5.74, 6) is 1.15. The van der Waals surface area contributed by atoms with Crippen LogP contribution in [-0.4, -0.2) is 41.8 Å². The van der Waals surface area contributed by atoms with Crippen LogP contribution < -0.4 is 9.47 Å². The fraction of sp³-hybridized carbons (Fsp3) is 0.143. The first-order chi connectivity index (χ1) is 13.6. The van der Waals surface area contributed by atoms with Gasteiger partial charge in [0, 0.05) is 12.1 Å². The molecule has 1 aliphatic rings. The summed E-state index contributed by atoms with van der Waals surface area (Å²) in [7, 11) is 3.13. The van der Waals surface area contributed by atoms with Crippen LogP contribution in [0.4, 0.5) is 5.69 Å². The molecule has 0 aliphatic carbocycles. The molecule has 0 atom stereocenters. The molecule has 28 heavy (non-hydrogen) atoms. The Morgan fingerprint density at radius 1 is 1.18 bits per heavy atom. The summed E-state index contributed by atoms with van der Waals surface area (Å²) >= 11 is 1.27. The zero-order chi connectivity index (χ0) is 20.1. The number of phenols is 1. The molecule has 2 aromatic rings. The van der Waals surface area contributed by atoms with Crippen LogP contribution in [0.2, 0.25) is 0 Å². The molecule has 144 valence electrons. The van der Waals surface area contributed by atoms with E-state index in [9.17, 15) is 9.90 Å². The highest BCUT2D eigenvalue weighted by Gasteiger charge is 2.33. The van der Waals surface area contributed by atoms with Crippen molar-refractivity contribution in [2.75, 3.05) is 20.8 Å². The van der Waals surface area contributed by atoms with E-state index >= 15 is 0 Å². The molecule has 1 aliphatic heterocycles. The number of thioether (sulfide) groups is 1. The summed E-state index contributed by atoms with van der Waals surface area (Å²) in [6.45, 7) is 4.07. The Balaban J connectivity index is 2.00. The van der Waals surface area contributed by atoms with Gasteiger partial charge in [-0.1, -0.05) is 18.2 Å². The fourth-order valence-electron chi connectivity index (χ4n) is 2.69. The predicted octanol–water partition coefficient (Wildman–Crippen LogP) is 4.20. The van der Waals surface area contributed by atoms with Crippen LogP contribution in [0.5, 0.6) is 17.2 Å². The quantitative estimate of drug-likeness (QED) is 0.585. The Hall–Kier alpha value is -3.19. The van der Waals surface area contributed by atoms with Crippen LogP contribution in [0.15, 0.2) is 65.0 Å². The van der Waals surface area contributed by atoms with Crippen molar-refractivity contribution in [1.82, 2.24) is 4.90 Å². The van der Waals surface area contributed by atoms with E-state index in [1.54, 1.807) is 61.6 Å². The number of nitrogens with zero attached hydrogens (tertiary/aromatic N) is 2. The van der Waals surface area contributed by atoms with Gasteiger partial charge >= 0.3 is 0 Å². The topological polar surface area (TPSA) is 71.4 Å². The molecule has 1 amide bonds. The van der Waals surface area contributed by atoms with Crippen LogP contribution >= 0.6 is 11.8 Å². The van der Waals surface area contributed by atoms with Crippen LogP contribution in [0.25, 0.3) is 6.08 Å². The maximum Gasteiger partial charge on any atom is 0.267 e. The minimum atomic E-state index is -0.160. The number of hydrogen-bond acceptors (Lipinski definition) is 6. The van der Waals surface area contributed by atoms with Crippen LogP contribution in [0.3, 0.4) is 0 Å². The summed E-state index contributed by atoms with van der Waals surface area (Å²) in [6.07, 6.45) is 3.42. The second-order valence-electron chi connectivity index (χ2n) is 5.81. The van der Waals surface area contributed by atoms with E-state index in [1.807, 2.05) is 12.1 Å². The number of aromatic hydroxyl groups is 1. The number of ether oxygens (including phenoxy) is 2. The lowest BCUT2D eigenvalue weighted by atomic mass is 10.1. The number of rotatable bonds is 6. The van der Waals surface area contributed by atoms with Crippen LogP contribution in [0, 0.1) is 0 Å². The average Bonchev–Trinajstić information content (AvgIpc) is 2.98. The standard InChI is InChI=1S/C21H20N2O4S/c1-4-12-23-20(25)18(13-14-6-5-7-17(26-2)19(14)27-3)28-21(23)22-15-8-10-16(24)11-9-15/h4-11,13,24H,1,12H2,2-3H3/b18-13-,22-21?. The van der Waals surface area contributed by atoms with Gasteiger partial charge in [0.05, 0.1) is 24.8 Å². The van der Waals surface area contributed by atoms with E-state index in [0.29, 0.717) is 33.8 Å². The third kappa shape index (κ3) is 4.04. The Morgan fingerprint density at radius 3 is 2.57 bits per heavy atom. The number of benzene rings is 2. The number of hydrogen-bond donors (Lipinski definition) is 1. The molecule has 0 unspecified atom stereocenters. The Bertz CT molecular complexity index is 951. The number of amides is 1. The first-order valence-corrected chi connectivity index (χ1v) is 9.30. The summed E-state index contributed by atoms with van der Waals surface area (Å²) in [5, 5.41) is 9.98. The number of methoxy groups -OCH3 is 2. The number of para-hydroxylation sites is 1. The second-order valence-corrected chi connectivity index (χ2v) is 6.82. The molecular weight excluding hydrogens is 376 g/mol. The van der Waals surface area contributed by atoms with E-state index in [0.717, 1.165) is 5.56 Å². The normalized spacial score (nSPS) is 16.6. The molecule has 6 nitrogen and oxygen atoms in total. The van der Waals surface area contributed by atoms with Gasteiger partial charge in [-0.3, -0.25) is 9.69 Å². The van der Waals surface area contributed by atoms with Crippen molar-refractivity contribution in [3.63, 3.8) is 0 Å². The van der Waals surface area contributed by atoms with Gasteiger partial charge in [0.25, 0.3) is 5.91 Å². The first kappa shape index (κ1) is 19.6. The van der Waals surface area contributed by atoms with Crippen LogP contribution in [-0.2, 0) is 4.79 Å². The highest BCUT2D eigenvalue weighted by molar-refractivity contribution is 8.18. The van der Waals surface area contributed by atoms with Gasteiger partial charge in [-0.15, -0.1) is 6.58 Å². The molecule has 0 radical (unpaired) electrons. The van der Waals surface area contributed by atoms with E-state index in [4.69, 9.17) is 9.47 Å². The fourth-order valence-corrected chi connectivity index (χ4v) is 3.68. The molecule has 1 heterocycles. The highest BCUT2D eigenvalue weighted by atomic mass is 32.2. The Kier molecular flexibility index (Phi) is 6.06. The van der Waals surface area contributed by atoms with Crippen LogP contribution in [0.1, 0.15) is 5.56 Å². The lowest BCUT2D eigenvalue weighted by Crippen LogP contribution is -2.29. The van der Waals surface area contributed by atoms with Crippen molar-refractivity contribution in [3.8, 4) is 17.2 Å². The Labute approximate surface area is 167 Å². The lowest BCUT2D eigenvalue weighted by molar-refractivity contribution is -0.121. The maximum atomic E-state index is 12.9. The van der Waals surface area contributed by atoms with Gasteiger partial charge in [0.2, 0.25) is 0 Å². The molecular formula is C21H20N2O4S. The predicted molar refractivity (Wildman–Crippen MR) is 112 cm³/mol. The minimum Gasteiger partial charge on any atom is -0.508 e. The first-order valence-electron chi connectivity index (χ1n) is 8.48. The second kappa shape index (κ2) is 8.67. The smallest absolute Gasteiger partial charge is 0.267 e. The molecule has 1 fully saturated rings. The van der Waals surface area contributed by atoms with Gasteiger partial charge in [0.15, 0.2) is 16.7 Å². The number of aliphatic imine (C=N–C) groups is 1. The maximum absolute atomic E-state index is 12.9. The zero-order valence-electron chi connectivity index (χ0n) is 15.6. The van der Waals surface area contributed by atoms with Gasteiger partial charge in [-0.05, 0) is 48.2 Å². The van der Waals surface area contributed by atoms with E-state index < -0.39 is 0 Å². The Morgan fingerprint density at radius 2 is 1.93 bits per heavy atom. The third-order valence-electron chi connectivity index (χ3n) is 3.99. The largest absolute Gasteiger partial charge is 0.508 e. The van der Waals surface area contributed by atoms with Crippen molar-refractivity contribution in [2.45, 2.75) is 0 Å². The van der Waals surface area contributed by atoms with Crippen molar-refractivity contribution in [1.29, 1.82) is 0 Å². The molecule has 3 rings (SSSR count).